The van der Waals surface area contributed by atoms with Crippen LogP contribution in [0.1, 0.15) is 28.3 Å². The molecule has 108 valence electrons. The summed E-state index contributed by atoms with van der Waals surface area (Å²) in [5.74, 6) is 0.825. The zero-order valence-electron chi connectivity index (χ0n) is 11.7. The molecule has 1 heterocycles. The van der Waals surface area contributed by atoms with E-state index in [-0.39, 0.29) is 6.04 Å². The van der Waals surface area contributed by atoms with E-state index in [1.54, 1.807) is 18.4 Å². The summed E-state index contributed by atoms with van der Waals surface area (Å²) in [7, 11) is 1.68. The van der Waals surface area contributed by atoms with Gasteiger partial charge in [0.05, 0.1) is 17.6 Å². The van der Waals surface area contributed by atoms with E-state index in [0.29, 0.717) is 5.02 Å². The van der Waals surface area contributed by atoms with Crippen molar-refractivity contribution in [2.24, 2.45) is 0 Å². The Hall–Kier alpha value is -0.550. The minimum Gasteiger partial charge on any atom is -0.495 e. The summed E-state index contributed by atoms with van der Waals surface area (Å²) in [6.07, 6.45) is 0. The summed E-state index contributed by atoms with van der Waals surface area (Å²) in [4.78, 5) is 2.56. The van der Waals surface area contributed by atoms with Gasteiger partial charge in [0, 0.05) is 20.3 Å². The van der Waals surface area contributed by atoms with Crippen LogP contribution < -0.4 is 10.1 Å². The Labute approximate surface area is 137 Å². The lowest BCUT2D eigenvalue weighted by atomic mass is 10.0. The van der Waals surface area contributed by atoms with Crippen molar-refractivity contribution in [3.63, 3.8) is 0 Å². The fraction of sp³-hybridized carbons (Fsp3) is 0.333. The quantitative estimate of drug-likeness (QED) is 0.778. The first-order valence-corrected chi connectivity index (χ1v) is 8.38. The fourth-order valence-corrected chi connectivity index (χ4v) is 4.15. The predicted molar refractivity (Wildman–Crippen MR) is 90.3 cm³/mol. The molecule has 0 saturated heterocycles. The van der Waals surface area contributed by atoms with Gasteiger partial charge in [-0.3, -0.25) is 0 Å². The Balaban J connectivity index is 2.54. The molecule has 0 saturated carbocycles. The Bertz CT molecular complexity index is 600. The smallest absolute Gasteiger partial charge is 0.138 e. The molecule has 1 N–H and O–H groups in total. The first-order valence-electron chi connectivity index (χ1n) is 6.39. The molecular weight excluding hydrogens is 358 g/mol. The van der Waals surface area contributed by atoms with Crippen molar-refractivity contribution < 1.29 is 4.74 Å². The van der Waals surface area contributed by atoms with E-state index >= 15 is 0 Å². The van der Waals surface area contributed by atoms with Crippen LogP contribution in [-0.2, 0) is 0 Å². The van der Waals surface area contributed by atoms with Crippen LogP contribution in [-0.4, -0.2) is 13.7 Å². The Morgan fingerprint density at radius 1 is 1.40 bits per heavy atom. The number of nitrogens with one attached hydrogen (secondary N) is 1. The number of methoxy groups -OCH3 is 1. The van der Waals surface area contributed by atoms with E-state index in [2.05, 4.69) is 47.2 Å². The summed E-state index contributed by atoms with van der Waals surface area (Å²) in [6.45, 7) is 5.08. The maximum absolute atomic E-state index is 6.21. The van der Waals surface area contributed by atoms with E-state index in [1.807, 2.05) is 12.1 Å². The molecule has 1 aromatic heterocycles. The van der Waals surface area contributed by atoms with Crippen LogP contribution in [0.2, 0.25) is 5.02 Å². The maximum atomic E-state index is 6.21. The van der Waals surface area contributed by atoms with Gasteiger partial charge in [0.2, 0.25) is 0 Å². The van der Waals surface area contributed by atoms with Crippen molar-refractivity contribution in [2.75, 3.05) is 13.7 Å². The normalized spacial score (nSPS) is 12.4. The Kier molecular flexibility index (Phi) is 5.49. The minimum atomic E-state index is 0.0867. The van der Waals surface area contributed by atoms with Crippen LogP contribution in [0.4, 0.5) is 0 Å². The summed E-state index contributed by atoms with van der Waals surface area (Å²) in [6, 6.07) is 8.20. The van der Waals surface area contributed by atoms with Crippen molar-refractivity contribution >= 4 is 38.9 Å². The van der Waals surface area contributed by atoms with Gasteiger partial charge in [0.1, 0.15) is 5.75 Å². The van der Waals surface area contributed by atoms with Crippen molar-refractivity contribution in [3.05, 3.63) is 49.1 Å². The van der Waals surface area contributed by atoms with Gasteiger partial charge in [-0.05, 0) is 53.7 Å². The monoisotopic (exact) mass is 373 g/mol. The Morgan fingerprint density at radius 2 is 2.15 bits per heavy atom. The van der Waals surface area contributed by atoms with E-state index < -0.39 is 0 Å². The molecule has 0 aliphatic carbocycles. The third-order valence-corrected chi connectivity index (χ3v) is 4.88. The summed E-state index contributed by atoms with van der Waals surface area (Å²) in [5, 5.41) is 4.21. The van der Waals surface area contributed by atoms with E-state index in [0.717, 1.165) is 22.3 Å². The number of aryl methyl sites for hydroxylation is 1. The largest absolute Gasteiger partial charge is 0.495 e. The SMILES string of the molecule is CCNC(c1ccc(C)s1)c1cc(Cl)cc(Br)c1OC. The molecule has 0 aliphatic rings. The van der Waals surface area contributed by atoms with E-state index in [4.69, 9.17) is 16.3 Å². The highest BCUT2D eigenvalue weighted by Gasteiger charge is 2.21. The average Bonchev–Trinajstić information content (AvgIpc) is 2.81. The van der Waals surface area contributed by atoms with Gasteiger partial charge < -0.3 is 10.1 Å². The van der Waals surface area contributed by atoms with E-state index in [1.165, 1.54) is 9.75 Å². The summed E-state index contributed by atoms with van der Waals surface area (Å²) in [5.41, 5.74) is 1.05. The number of thiophene rings is 1. The number of rotatable bonds is 5. The molecule has 1 aromatic carbocycles. The first-order chi connectivity index (χ1) is 9.56. The first kappa shape index (κ1) is 15.8. The number of hydrogen-bond donors (Lipinski definition) is 1. The predicted octanol–water partition coefficient (Wildman–Crippen LogP) is 5.18. The number of hydrogen-bond acceptors (Lipinski definition) is 3. The van der Waals surface area contributed by atoms with Crippen molar-refractivity contribution in [3.8, 4) is 5.75 Å². The van der Waals surface area contributed by atoms with Crippen molar-refractivity contribution in [1.29, 1.82) is 0 Å². The Morgan fingerprint density at radius 3 is 2.70 bits per heavy atom. The lowest BCUT2D eigenvalue weighted by Gasteiger charge is -2.21. The fourth-order valence-electron chi connectivity index (χ4n) is 2.19. The van der Waals surface area contributed by atoms with Crippen LogP contribution >= 0.6 is 38.9 Å². The van der Waals surface area contributed by atoms with Crippen molar-refractivity contribution in [1.82, 2.24) is 5.32 Å². The molecule has 0 aliphatic heterocycles. The minimum absolute atomic E-state index is 0.0867. The molecule has 0 fully saturated rings. The molecule has 20 heavy (non-hydrogen) atoms. The molecule has 0 bridgehead atoms. The summed E-state index contributed by atoms with van der Waals surface area (Å²) >= 11 is 11.5. The number of benzene rings is 1. The van der Waals surface area contributed by atoms with Crippen LogP contribution in [0.5, 0.6) is 5.75 Å². The van der Waals surface area contributed by atoms with Crippen LogP contribution in [0.15, 0.2) is 28.7 Å². The molecule has 2 rings (SSSR count). The van der Waals surface area contributed by atoms with Gasteiger partial charge in [0.25, 0.3) is 0 Å². The third kappa shape index (κ3) is 3.37. The summed E-state index contributed by atoms with van der Waals surface area (Å²) < 4.78 is 6.42. The zero-order chi connectivity index (χ0) is 14.7. The molecular formula is C15H17BrClNOS. The van der Waals surface area contributed by atoms with Crippen LogP contribution in [0.25, 0.3) is 0 Å². The van der Waals surface area contributed by atoms with Crippen molar-refractivity contribution in [2.45, 2.75) is 19.9 Å². The van der Waals surface area contributed by atoms with Gasteiger partial charge in [-0.15, -0.1) is 11.3 Å². The van der Waals surface area contributed by atoms with Gasteiger partial charge >= 0.3 is 0 Å². The highest BCUT2D eigenvalue weighted by Crippen LogP contribution is 2.39. The maximum Gasteiger partial charge on any atom is 0.138 e. The zero-order valence-corrected chi connectivity index (χ0v) is 14.8. The van der Waals surface area contributed by atoms with Crippen LogP contribution in [0.3, 0.4) is 0 Å². The van der Waals surface area contributed by atoms with Gasteiger partial charge in [-0.2, -0.15) is 0 Å². The second-order valence-electron chi connectivity index (χ2n) is 4.45. The van der Waals surface area contributed by atoms with Crippen LogP contribution in [0, 0.1) is 6.92 Å². The lowest BCUT2D eigenvalue weighted by Crippen LogP contribution is -2.21. The topological polar surface area (TPSA) is 21.3 Å². The van der Waals surface area contributed by atoms with Gasteiger partial charge in [0.15, 0.2) is 0 Å². The lowest BCUT2D eigenvalue weighted by molar-refractivity contribution is 0.402. The standard InChI is InChI=1S/C15H17BrClNOS/c1-4-18-14(13-6-5-9(2)20-13)11-7-10(17)8-12(16)15(11)19-3/h5-8,14,18H,4H2,1-3H3. The molecule has 0 radical (unpaired) electrons. The van der Waals surface area contributed by atoms with E-state index in [9.17, 15) is 0 Å². The molecule has 1 atom stereocenters. The average molecular weight is 375 g/mol. The highest BCUT2D eigenvalue weighted by molar-refractivity contribution is 9.10. The second-order valence-corrected chi connectivity index (χ2v) is 7.06. The number of halogens is 2. The third-order valence-electron chi connectivity index (χ3n) is 3.01. The molecule has 1 unspecified atom stereocenters. The van der Waals surface area contributed by atoms with Gasteiger partial charge in [-0.1, -0.05) is 18.5 Å². The molecule has 2 nitrogen and oxygen atoms in total. The molecule has 2 aromatic rings. The molecule has 0 amide bonds. The molecule has 5 heteroatoms. The molecule has 0 spiro atoms. The number of ether oxygens (including phenoxy) is 1. The van der Waals surface area contributed by atoms with Gasteiger partial charge in [-0.25, -0.2) is 0 Å². The second kappa shape index (κ2) is 6.94. The highest BCUT2D eigenvalue weighted by atomic mass is 79.9.